The van der Waals surface area contributed by atoms with Crippen LogP contribution in [0.25, 0.3) is 0 Å². The molecule has 1 aliphatic heterocycles. The SMILES string of the molecule is CCN1CC[C@H](N(C)C(=O)c2ccc(Oc3ccccc3)o2)[C@@H](C)C1. The van der Waals surface area contributed by atoms with E-state index >= 15 is 0 Å². The summed E-state index contributed by atoms with van der Waals surface area (Å²) in [4.78, 5) is 17.0. The topological polar surface area (TPSA) is 45.9 Å². The molecule has 5 nitrogen and oxygen atoms in total. The van der Waals surface area contributed by atoms with Crippen LogP contribution >= 0.6 is 0 Å². The summed E-state index contributed by atoms with van der Waals surface area (Å²) in [5.74, 6) is 1.68. The maximum absolute atomic E-state index is 12.8. The zero-order valence-electron chi connectivity index (χ0n) is 15.1. The Morgan fingerprint density at radius 2 is 2.04 bits per heavy atom. The van der Waals surface area contributed by atoms with Gasteiger partial charge in [-0.1, -0.05) is 32.0 Å². The normalized spacial score (nSPS) is 21.1. The van der Waals surface area contributed by atoms with Crippen molar-refractivity contribution in [3.63, 3.8) is 0 Å². The van der Waals surface area contributed by atoms with Gasteiger partial charge in [-0.3, -0.25) is 4.79 Å². The number of hydrogen-bond acceptors (Lipinski definition) is 4. The first-order valence-electron chi connectivity index (χ1n) is 8.90. The van der Waals surface area contributed by atoms with Gasteiger partial charge in [0.05, 0.1) is 0 Å². The number of amides is 1. The van der Waals surface area contributed by atoms with Gasteiger partial charge in [-0.25, -0.2) is 0 Å². The Hall–Kier alpha value is -2.27. The third-order valence-corrected chi connectivity index (χ3v) is 4.96. The van der Waals surface area contributed by atoms with Gasteiger partial charge in [0, 0.05) is 32.2 Å². The lowest BCUT2D eigenvalue weighted by atomic mass is 9.92. The van der Waals surface area contributed by atoms with Crippen molar-refractivity contribution in [2.24, 2.45) is 5.92 Å². The number of hydrogen-bond donors (Lipinski definition) is 0. The molecule has 25 heavy (non-hydrogen) atoms. The van der Waals surface area contributed by atoms with Crippen molar-refractivity contribution >= 4 is 5.91 Å². The fourth-order valence-corrected chi connectivity index (χ4v) is 3.50. The van der Waals surface area contributed by atoms with E-state index < -0.39 is 0 Å². The largest absolute Gasteiger partial charge is 0.426 e. The molecule has 0 unspecified atom stereocenters. The molecule has 1 aromatic carbocycles. The van der Waals surface area contributed by atoms with Crippen molar-refractivity contribution < 1.29 is 13.9 Å². The predicted octanol–water partition coefficient (Wildman–Crippen LogP) is 3.87. The standard InChI is InChI=1S/C20H26N2O3/c1-4-22-13-12-17(15(2)14-22)21(3)20(23)18-10-11-19(25-18)24-16-8-6-5-7-9-16/h5-11,15,17H,4,12-14H2,1-3H3/t15-,17-/m0/s1. The molecule has 0 saturated carbocycles. The van der Waals surface area contributed by atoms with Crippen LogP contribution in [0.3, 0.4) is 0 Å². The molecule has 2 heterocycles. The average Bonchev–Trinajstić information content (AvgIpc) is 3.09. The van der Waals surface area contributed by atoms with Gasteiger partial charge in [0.15, 0.2) is 5.76 Å². The first kappa shape index (κ1) is 17.5. The lowest BCUT2D eigenvalue weighted by Gasteiger charge is -2.40. The van der Waals surface area contributed by atoms with Gasteiger partial charge in [0.25, 0.3) is 11.9 Å². The molecule has 2 aromatic rings. The molecule has 1 aromatic heterocycles. The van der Waals surface area contributed by atoms with E-state index in [1.807, 2.05) is 42.3 Å². The number of piperidine rings is 1. The third-order valence-electron chi connectivity index (χ3n) is 4.96. The van der Waals surface area contributed by atoms with E-state index in [0.717, 1.165) is 26.1 Å². The van der Waals surface area contributed by atoms with Crippen LogP contribution in [0, 0.1) is 5.92 Å². The summed E-state index contributed by atoms with van der Waals surface area (Å²) in [5.41, 5.74) is 0. The number of furan rings is 1. The Morgan fingerprint density at radius 1 is 1.28 bits per heavy atom. The van der Waals surface area contributed by atoms with Crippen molar-refractivity contribution in [1.82, 2.24) is 9.80 Å². The zero-order chi connectivity index (χ0) is 17.8. The molecule has 0 radical (unpaired) electrons. The van der Waals surface area contributed by atoms with Crippen LogP contribution in [-0.2, 0) is 0 Å². The Labute approximate surface area is 149 Å². The molecule has 134 valence electrons. The molecular weight excluding hydrogens is 316 g/mol. The van der Waals surface area contributed by atoms with Crippen LogP contribution in [0.1, 0.15) is 30.8 Å². The molecule has 1 saturated heterocycles. The number of benzene rings is 1. The summed E-state index contributed by atoms with van der Waals surface area (Å²) in [5, 5.41) is 0. The smallest absolute Gasteiger partial charge is 0.290 e. The molecule has 0 spiro atoms. The summed E-state index contributed by atoms with van der Waals surface area (Å²) in [6.45, 7) is 7.51. The van der Waals surface area contributed by atoms with Crippen LogP contribution in [0.4, 0.5) is 0 Å². The fraction of sp³-hybridized carbons (Fsp3) is 0.450. The molecule has 1 amide bonds. The van der Waals surface area contributed by atoms with Gasteiger partial charge in [-0.05, 0) is 37.1 Å². The molecular formula is C20H26N2O3. The first-order valence-corrected chi connectivity index (χ1v) is 8.90. The van der Waals surface area contributed by atoms with E-state index in [9.17, 15) is 4.79 Å². The lowest BCUT2D eigenvalue weighted by Crippen LogP contribution is -2.50. The van der Waals surface area contributed by atoms with Gasteiger partial charge in [0.1, 0.15) is 5.75 Å². The Bertz CT molecular complexity index is 698. The number of ether oxygens (including phenoxy) is 1. The molecule has 2 atom stereocenters. The fourth-order valence-electron chi connectivity index (χ4n) is 3.50. The maximum atomic E-state index is 12.8. The van der Waals surface area contributed by atoms with Crippen molar-refractivity contribution in [3.8, 4) is 11.7 Å². The summed E-state index contributed by atoms with van der Waals surface area (Å²) in [6.07, 6.45) is 0.991. The predicted molar refractivity (Wildman–Crippen MR) is 97.0 cm³/mol. The first-order chi connectivity index (χ1) is 12.1. The average molecular weight is 342 g/mol. The van der Waals surface area contributed by atoms with Crippen molar-refractivity contribution in [3.05, 3.63) is 48.2 Å². The Kier molecular flexibility index (Phi) is 5.43. The highest BCUT2D eigenvalue weighted by Crippen LogP contribution is 2.26. The van der Waals surface area contributed by atoms with Crippen LogP contribution in [-0.4, -0.2) is 48.4 Å². The zero-order valence-corrected chi connectivity index (χ0v) is 15.1. The molecule has 0 aliphatic carbocycles. The lowest BCUT2D eigenvalue weighted by molar-refractivity contribution is 0.0489. The second kappa shape index (κ2) is 7.74. The third kappa shape index (κ3) is 4.04. The summed E-state index contributed by atoms with van der Waals surface area (Å²) in [7, 11) is 1.87. The van der Waals surface area contributed by atoms with E-state index in [0.29, 0.717) is 23.4 Å². The highest BCUT2D eigenvalue weighted by molar-refractivity contribution is 5.91. The number of nitrogens with zero attached hydrogens (tertiary/aromatic N) is 2. The van der Waals surface area contributed by atoms with Crippen LogP contribution < -0.4 is 4.74 Å². The van der Waals surface area contributed by atoms with Crippen molar-refractivity contribution in [2.45, 2.75) is 26.3 Å². The van der Waals surface area contributed by atoms with Gasteiger partial charge >= 0.3 is 0 Å². The van der Waals surface area contributed by atoms with E-state index in [2.05, 4.69) is 18.7 Å². The van der Waals surface area contributed by atoms with Gasteiger partial charge in [0.2, 0.25) is 0 Å². The summed E-state index contributed by atoms with van der Waals surface area (Å²) >= 11 is 0. The summed E-state index contributed by atoms with van der Waals surface area (Å²) < 4.78 is 11.3. The van der Waals surface area contributed by atoms with Crippen molar-refractivity contribution in [2.75, 3.05) is 26.7 Å². The van der Waals surface area contributed by atoms with Crippen LogP contribution in [0.15, 0.2) is 46.9 Å². The van der Waals surface area contributed by atoms with E-state index in [1.54, 1.807) is 12.1 Å². The number of carbonyl (C=O) groups is 1. The minimum absolute atomic E-state index is 0.0929. The van der Waals surface area contributed by atoms with E-state index in [4.69, 9.17) is 9.15 Å². The highest BCUT2D eigenvalue weighted by Gasteiger charge is 2.32. The van der Waals surface area contributed by atoms with E-state index in [-0.39, 0.29) is 11.9 Å². The monoisotopic (exact) mass is 342 g/mol. The second-order valence-electron chi connectivity index (χ2n) is 6.68. The molecule has 3 rings (SSSR count). The molecule has 0 bridgehead atoms. The van der Waals surface area contributed by atoms with Gasteiger partial charge < -0.3 is 19.0 Å². The van der Waals surface area contributed by atoms with Gasteiger partial charge in [-0.15, -0.1) is 0 Å². The number of rotatable bonds is 5. The minimum Gasteiger partial charge on any atom is -0.426 e. The molecule has 0 N–H and O–H groups in total. The maximum Gasteiger partial charge on any atom is 0.290 e. The number of likely N-dealkylation sites (tertiary alicyclic amines) is 1. The summed E-state index contributed by atoms with van der Waals surface area (Å²) in [6, 6.07) is 13.0. The number of carbonyl (C=O) groups excluding carboxylic acids is 1. The molecule has 1 fully saturated rings. The Morgan fingerprint density at radius 3 is 2.72 bits per heavy atom. The quantitative estimate of drug-likeness (QED) is 0.827. The van der Waals surface area contributed by atoms with Gasteiger partial charge in [-0.2, -0.15) is 0 Å². The van der Waals surface area contributed by atoms with E-state index in [1.165, 1.54) is 0 Å². The highest BCUT2D eigenvalue weighted by atomic mass is 16.6. The minimum atomic E-state index is -0.0929. The van der Waals surface area contributed by atoms with Crippen molar-refractivity contribution in [1.29, 1.82) is 0 Å². The Balaban J connectivity index is 1.65. The van der Waals surface area contributed by atoms with Crippen LogP contribution in [0.5, 0.6) is 11.7 Å². The second-order valence-corrected chi connectivity index (χ2v) is 6.68. The number of para-hydroxylation sites is 1. The molecule has 1 aliphatic rings. The van der Waals surface area contributed by atoms with Crippen LogP contribution in [0.2, 0.25) is 0 Å². The molecule has 5 heteroatoms.